The molecule has 1 amide bonds. The lowest BCUT2D eigenvalue weighted by molar-refractivity contribution is -0.144. The van der Waals surface area contributed by atoms with Crippen LogP contribution in [0.4, 0.5) is 0 Å². The lowest BCUT2D eigenvalue weighted by Crippen LogP contribution is -2.35. The molecular formula is C13H20N4O3. The minimum absolute atomic E-state index is 0.0316. The maximum absolute atomic E-state index is 11.9. The van der Waals surface area contributed by atoms with Crippen LogP contribution >= 0.6 is 0 Å². The lowest BCUT2D eigenvalue weighted by atomic mass is 9.81. The van der Waals surface area contributed by atoms with E-state index in [1.54, 1.807) is 0 Å². The van der Waals surface area contributed by atoms with E-state index in [1.807, 2.05) is 0 Å². The van der Waals surface area contributed by atoms with Crippen LogP contribution in [0.1, 0.15) is 37.9 Å². The fraction of sp³-hybridized carbons (Fsp3) is 0.692. The van der Waals surface area contributed by atoms with Crippen LogP contribution < -0.4 is 5.32 Å². The van der Waals surface area contributed by atoms with E-state index < -0.39 is 5.97 Å². The SMILES string of the molecule is O=C(O)C1CCC(C(=O)NCCCc2ncn[nH]2)CC1. The van der Waals surface area contributed by atoms with Gasteiger partial charge in [-0.15, -0.1) is 0 Å². The molecule has 1 heterocycles. The highest BCUT2D eigenvalue weighted by atomic mass is 16.4. The van der Waals surface area contributed by atoms with Gasteiger partial charge < -0.3 is 10.4 Å². The third-order valence-electron chi connectivity index (χ3n) is 3.80. The third-order valence-corrected chi connectivity index (χ3v) is 3.80. The Morgan fingerprint density at radius 1 is 1.30 bits per heavy atom. The van der Waals surface area contributed by atoms with Gasteiger partial charge in [-0.3, -0.25) is 14.7 Å². The first-order valence-corrected chi connectivity index (χ1v) is 7.01. The van der Waals surface area contributed by atoms with Crippen molar-refractivity contribution >= 4 is 11.9 Å². The molecule has 20 heavy (non-hydrogen) atoms. The number of carboxylic acids is 1. The summed E-state index contributed by atoms with van der Waals surface area (Å²) in [7, 11) is 0. The number of H-pyrrole nitrogens is 1. The first kappa shape index (κ1) is 14.5. The summed E-state index contributed by atoms with van der Waals surface area (Å²) in [6, 6.07) is 0. The van der Waals surface area contributed by atoms with Crippen molar-refractivity contribution in [1.29, 1.82) is 0 Å². The van der Waals surface area contributed by atoms with E-state index in [1.165, 1.54) is 6.33 Å². The maximum atomic E-state index is 11.9. The number of nitrogens with zero attached hydrogens (tertiary/aromatic N) is 2. The van der Waals surface area contributed by atoms with E-state index in [2.05, 4.69) is 20.5 Å². The largest absolute Gasteiger partial charge is 0.481 e. The Kier molecular flexibility index (Phi) is 5.09. The smallest absolute Gasteiger partial charge is 0.306 e. The summed E-state index contributed by atoms with van der Waals surface area (Å²) in [5, 5.41) is 18.4. The number of carbonyl (C=O) groups is 2. The minimum Gasteiger partial charge on any atom is -0.481 e. The molecule has 1 aliphatic carbocycles. The molecule has 3 N–H and O–H groups in total. The molecule has 110 valence electrons. The van der Waals surface area contributed by atoms with Gasteiger partial charge in [0, 0.05) is 18.9 Å². The Balaban J connectivity index is 1.62. The van der Waals surface area contributed by atoms with Gasteiger partial charge >= 0.3 is 5.97 Å². The highest BCUT2D eigenvalue weighted by Crippen LogP contribution is 2.28. The van der Waals surface area contributed by atoms with Crippen LogP contribution in [-0.4, -0.2) is 38.7 Å². The van der Waals surface area contributed by atoms with Crippen LogP contribution in [0.5, 0.6) is 0 Å². The van der Waals surface area contributed by atoms with Gasteiger partial charge in [-0.25, -0.2) is 4.98 Å². The summed E-state index contributed by atoms with van der Waals surface area (Å²) in [6.45, 7) is 0.610. The Bertz CT molecular complexity index is 438. The van der Waals surface area contributed by atoms with Crippen LogP contribution in [0.3, 0.4) is 0 Å². The van der Waals surface area contributed by atoms with Crippen molar-refractivity contribution in [2.24, 2.45) is 11.8 Å². The second-order valence-electron chi connectivity index (χ2n) is 5.21. The van der Waals surface area contributed by atoms with Crippen molar-refractivity contribution in [2.45, 2.75) is 38.5 Å². The number of carboxylic acid groups (broad SMARTS) is 1. The van der Waals surface area contributed by atoms with Crippen molar-refractivity contribution in [3.8, 4) is 0 Å². The van der Waals surface area contributed by atoms with Crippen molar-refractivity contribution in [2.75, 3.05) is 6.54 Å². The van der Waals surface area contributed by atoms with Gasteiger partial charge in [0.2, 0.25) is 5.91 Å². The van der Waals surface area contributed by atoms with Crippen LogP contribution in [0.15, 0.2) is 6.33 Å². The topological polar surface area (TPSA) is 108 Å². The molecule has 0 atom stereocenters. The van der Waals surface area contributed by atoms with Crippen molar-refractivity contribution in [3.63, 3.8) is 0 Å². The molecule has 0 unspecified atom stereocenters. The van der Waals surface area contributed by atoms with Crippen molar-refractivity contribution in [1.82, 2.24) is 20.5 Å². The molecule has 7 nitrogen and oxygen atoms in total. The van der Waals surface area contributed by atoms with Crippen molar-refractivity contribution < 1.29 is 14.7 Å². The second kappa shape index (κ2) is 7.02. The number of aromatic amines is 1. The van der Waals surface area contributed by atoms with Gasteiger partial charge in [0.1, 0.15) is 12.2 Å². The van der Waals surface area contributed by atoms with E-state index in [4.69, 9.17) is 5.11 Å². The first-order chi connectivity index (χ1) is 9.66. The number of aliphatic carboxylic acids is 1. The number of aromatic nitrogens is 3. The van der Waals surface area contributed by atoms with Gasteiger partial charge in [-0.05, 0) is 32.1 Å². The number of hydrogen-bond donors (Lipinski definition) is 3. The predicted octanol–water partition coefficient (Wildman–Crippen LogP) is 0.744. The molecule has 0 bridgehead atoms. The molecule has 1 saturated carbocycles. The first-order valence-electron chi connectivity index (χ1n) is 7.01. The Morgan fingerprint density at radius 2 is 2.00 bits per heavy atom. The van der Waals surface area contributed by atoms with E-state index >= 15 is 0 Å². The molecule has 0 radical (unpaired) electrons. The molecule has 2 rings (SSSR count). The highest BCUT2D eigenvalue weighted by Gasteiger charge is 2.29. The summed E-state index contributed by atoms with van der Waals surface area (Å²) in [6.07, 6.45) is 5.58. The van der Waals surface area contributed by atoms with E-state index in [-0.39, 0.29) is 17.7 Å². The highest BCUT2D eigenvalue weighted by molar-refractivity contribution is 5.79. The van der Waals surface area contributed by atoms with Gasteiger partial charge in [-0.1, -0.05) is 0 Å². The van der Waals surface area contributed by atoms with Crippen LogP contribution in [0.25, 0.3) is 0 Å². The summed E-state index contributed by atoms with van der Waals surface area (Å²) in [5.74, 6) is -0.176. The molecule has 0 aliphatic heterocycles. The Labute approximate surface area is 117 Å². The zero-order chi connectivity index (χ0) is 14.4. The van der Waals surface area contributed by atoms with Gasteiger partial charge in [0.25, 0.3) is 0 Å². The fourth-order valence-corrected chi connectivity index (χ4v) is 2.57. The fourth-order valence-electron chi connectivity index (χ4n) is 2.57. The average Bonchev–Trinajstić information content (AvgIpc) is 2.96. The lowest BCUT2D eigenvalue weighted by Gasteiger charge is -2.25. The average molecular weight is 280 g/mol. The third kappa shape index (κ3) is 4.04. The van der Waals surface area contributed by atoms with Crippen LogP contribution in [0, 0.1) is 11.8 Å². The summed E-state index contributed by atoms with van der Waals surface area (Å²) < 4.78 is 0. The standard InChI is InChI=1S/C13H20N4O3/c18-12(9-3-5-10(6-4-9)13(19)20)14-7-1-2-11-15-8-16-17-11/h8-10H,1-7H2,(H,14,18)(H,19,20)(H,15,16,17). The van der Waals surface area contributed by atoms with Crippen molar-refractivity contribution in [3.05, 3.63) is 12.2 Å². The van der Waals surface area contributed by atoms with Crippen LogP contribution in [-0.2, 0) is 16.0 Å². The monoisotopic (exact) mass is 280 g/mol. The quantitative estimate of drug-likeness (QED) is 0.666. The second-order valence-corrected chi connectivity index (χ2v) is 5.21. The molecule has 1 aromatic heterocycles. The minimum atomic E-state index is -0.740. The normalized spacial score (nSPS) is 22.4. The number of amides is 1. The number of carbonyl (C=O) groups excluding carboxylic acids is 1. The zero-order valence-corrected chi connectivity index (χ0v) is 11.3. The molecule has 0 spiro atoms. The molecule has 0 aromatic carbocycles. The van der Waals surface area contributed by atoms with Gasteiger partial charge in [0.05, 0.1) is 5.92 Å². The zero-order valence-electron chi connectivity index (χ0n) is 11.3. The molecule has 1 aliphatic rings. The number of rotatable bonds is 6. The van der Waals surface area contributed by atoms with E-state index in [0.717, 1.165) is 18.7 Å². The Morgan fingerprint density at radius 3 is 2.60 bits per heavy atom. The van der Waals surface area contributed by atoms with Gasteiger partial charge in [0.15, 0.2) is 0 Å². The van der Waals surface area contributed by atoms with E-state index in [0.29, 0.717) is 32.2 Å². The number of hydrogen-bond acceptors (Lipinski definition) is 4. The molecule has 0 saturated heterocycles. The summed E-state index contributed by atoms with van der Waals surface area (Å²) >= 11 is 0. The number of nitrogens with one attached hydrogen (secondary N) is 2. The molecule has 7 heteroatoms. The Hall–Kier alpha value is -1.92. The molecule has 1 fully saturated rings. The van der Waals surface area contributed by atoms with Gasteiger partial charge in [-0.2, -0.15) is 5.10 Å². The predicted molar refractivity (Wildman–Crippen MR) is 70.8 cm³/mol. The summed E-state index contributed by atoms with van der Waals surface area (Å²) in [5.41, 5.74) is 0. The summed E-state index contributed by atoms with van der Waals surface area (Å²) in [4.78, 5) is 26.8. The maximum Gasteiger partial charge on any atom is 0.306 e. The molecule has 1 aromatic rings. The van der Waals surface area contributed by atoms with E-state index in [9.17, 15) is 9.59 Å². The molecular weight excluding hydrogens is 260 g/mol. The van der Waals surface area contributed by atoms with Crippen LogP contribution in [0.2, 0.25) is 0 Å². The number of aryl methyl sites for hydroxylation is 1.